The van der Waals surface area contributed by atoms with E-state index in [1.807, 2.05) is 0 Å². The van der Waals surface area contributed by atoms with Crippen LogP contribution in [0.1, 0.15) is 46.0 Å². The zero-order chi connectivity index (χ0) is 17.1. The second kappa shape index (κ2) is 7.49. The monoisotopic (exact) mass is 345 g/mol. The molecule has 2 unspecified atom stereocenters. The van der Waals surface area contributed by atoms with Gasteiger partial charge in [-0.25, -0.2) is 8.42 Å². The summed E-state index contributed by atoms with van der Waals surface area (Å²) in [6.45, 7) is 6.89. The zero-order valence-corrected chi connectivity index (χ0v) is 15.4. The Hall–Kier alpha value is -0.660. The van der Waals surface area contributed by atoms with Crippen LogP contribution < -0.4 is 10.6 Å². The number of rotatable bonds is 5. The van der Waals surface area contributed by atoms with Gasteiger partial charge < -0.3 is 10.6 Å². The number of carbonyl (C=O) groups excluding carboxylic acids is 1. The molecule has 0 bridgehead atoms. The summed E-state index contributed by atoms with van der Waals surface area (Å²) in [7, 11) is -3.43. The van der Waals surface area contributed by atoms with Gasteiger partial charge >= 0.3 is 0 Å². The maximum absolute atomic E-state index is 12.6. The van der Waals surface area contributed by atoms with Crippen molar-refractivity contribution in [3.8, 4) is 0 Å². The van der Waals surface area contributed by atoms with Gasteiger partial charge in [-0.2, -0.15) is 0 Å². The van der Waals surface area contributed by atoms with Crippen LogP contribution in [0.25, 0.3) is 0 Å². The molecule has 0 saturated carbocycles. The van der Waals surface area contributed by atoms with Crippen molar-refractivity contribution in [2.24, 2.45) is 0 Å². The summed E-state index contributed by atoms with van der Waals surface area (Å²) in [5.41, 5.74) is 0. The zero-order valence-electron chi connectivity index (χ0n) is 14.6. The van der Waals surface area contributed by atoms with Crippen LogP contribution in [0.4, 0.5) is 0 Å². The Kier molecular flexibility index (Phi) is 6.08. The number of carbonyl (C=O) groups is 1. The molecule has 2 fully saturated rings. The first-order valence-corrected chi connectivity index (χ1v) is 10.6. The second-order valence-corrected chi connectivity index (χ2v) is 9.46. The van der Waals surface area contributed by atoms with Crippen molar-refractivity contribution in [3.05, 3.63) is 0 Å². The SMILES string of the molecule is CC1CCCC(C)N1CCNC(=O)C1(S(C)(=O)=O)CCNCC1. The van der Waals surface area contributed by atoms with E-state index in [2.05, 4.69) is 29.4 Å². The molecule has 2 atom stereocenters. The third-order valence-electron chi connectivity index (χ3n) is 5.57. The van der Waals surface area contributed by atoms with Crippen molar-refractivity contribution in [2.45, 2.75) is 62.8 Å². The van der Waals surface area contributed by atoms with Gasteiger partial charge in [-0.1, -0.05) is 6.42 Å². The standard InChI is InChI=1S/C16H31N3O3S/c1-13-5-4-6-14(2)19(13)12-11-18-15(20)16(23(3,21)22)7-9-17-10-8-16/h13-14,17H,4-12H2,1-3H3,(H,18,20). The first-order valence-electron chi connectivity index (χ1n) is 8.72. The molecule has 0 aliphatic carbocycles. The van der Waals surface area contributed by atoms with Gasteiger partial charge in [-0.3, -0.25) is 9.69 Å². The van der Waals surface area contributed by atoms with E-state index < -0.39 is 14.6 Å². The van der Waals surface area contributed by atoms with Gasteiger partial charge in [0.1, 0.15) is 0 Å². The van der Waals surface area contributed by atoms with E-state index >= 15 is 0 Å². The summed E-state index contributed by atoms with van der Waals surface area (Å²) >= 11 is 0. The van der Waals surface area contributed by atoms with Crippen LogP contribution in [-0.2, 0) is 14.6 Å². The highest BCUT2D eigenvalue weighted by Gasteiger charge is 2.48. The minimum Gasteiger partial charge on any atom is -0.353 e. The number of amides is 1. The molecule has 1 amide bonds. The smallest absolute Gasteiger partial charge is 0.241 e. The van der Waals surface area contributed by atoms with Crippen LogP contribution in [0.2, 0.25) is 0 Å². The summed E-state index contributed by atoms with van der Waals surface area (Å²) in [6.07, 6.45) is 5.54. The molecule has 0 aromatic heterocycles. The van der Waals surface area contributed by atoms with Crippen molar-refractivity contribution < 1.29 is 13.2 Å². The van der Waals surface area contributed by atoms with Gasteiger partial charge in [-0.15, -0.1) is 0 Å². The Balaban J connectivity index is 1.95. The van der Waals surface area contributed by atoms with E-state index in [0.717, 1.165) is 6.54 Å². The number of sulfone groups is 1. The molecule has 2 rings (SSSR count). The van der Waals surface area contributed by atoms with Gasteiger partial charge in [0.2, 0.25) is 5.91 Å². The fourth-order valence-electron chi connectivity index (χ4n) is 3.97. The first-order chi connectivity index (χ1) is 10.8. The Morgan fingerprint density at radius 1 is 1.22 bits per heavy atom. The molecule has 134 valence electrons. The molecule has 0 aromatic carbocycles. The van der Waals surface area contributed by atoms with Gasteiger partial charge in [-0.05, 0) is 52.6 Å². The van der Waals surface area contributed by atoms with Crippen molar-refractivity contribution in [1.82, 2.24) is 15.5 Å². The third-order valence-corrected chi connectivity index (χ3v) is 7.58. The van der Waals surface area contributed by atoms with Crippen LogP contribution >= 0.6 is 0 Å². The number of hydrogen-bond donors (Lipinski definition) is 2. The van der Waals surface area contributed by atoms with Gasteiger partial charge in [0.15, 0.2) is 14.6 Å². The highest BCUT2D eigenvalue weighted by Crippen LogP contribution is 2.28. The average molecular weight is 346 g/mol. The molecule has 0 spiro atoms. The first kappa shape index (κ1) is 18.7. The molecule has 2 saturated heterocycles. The summed E-state index contributed by atoms with van der Waals surface area (Å²) < 4.78 is 23.2. The largest absolute Gasteiger partial charge is 0.353 e. The van der Waals surface area contributed by atoms with Crippen molar-refractivity contribution >= 4 is 15.7 Å². The lowest BCUT2D eigenvalue weighted by Crippen LogP contribution is -2.58. The highest BCUT2D eigenvalue weighted by atomic mass is 32.2. The van der Waals surface area contributed by atoms with Gasteiger partial charge in [0, 0.05) is 31.4 Å². The summed E-state index contributed by atoms with van der Waals surface area (Å²) in [5.74, 6) is -0.321. The minimum atomic E-state index is -3.43. The van der Waals surface area contributed by atoms with E-state index in [9.17, 15) is 13.2 Å². The van der Waals surface area contributed by atoms with Crippen molar-refractivity contribution in [1.29, 1.82) is 0 Å². The molecule has 0 aromatic rings. The predicted molar refractivity (Wildman–Crippen MR) is 92.2 cm³/mol. The quantitative estimate of drug-likeness (QED) is 0.760. The lowest BCUT2D eigenvalue weighted by atomic mass is 9.95. The lowest BCUT2D eigenvalue weighted by molar-refractivity contribution is -0.124. The Labute approximate surface area is 140 Å². The van der Waals surface area contributed by atoms with Crippen molar-refractivity contribution in [3.63, 3.8) is 0 Å². The Bertz CT molecular complexity index is 505. The van der Waals surface area contributed by atoms with Gasteiger partial charge in [0.05, 0.1) is 0 Å². The third kappa shape index (κ3) is 4.06. The fourth-order valence-corrected chi connectivity index (χ4v) is 5.33. The second-order valence-electron chi connectivity index (χ2n) is 7.14. The Morgan fingerprint density at radius 3 is 2.30 bits per heavy atom. The summed E-state index contributed by atoms with van der Waals surface area (Å²) in [4.78, 5) is 15.1. The molecular weight excluding hydrogens is 314 g/mol. The predicted octanol–water partition coefficient (Wildman–Crippen LogP) is 0.532. The number of likely N-dealkylation sites (tertiary alicyclic amines) is 1. The number of hydrogen-bond acceptors (Lipinski definition) is 5. The van der Waals surface area contributed by atoms with E-state index in [0.29, 0.717) is 44.6 Å². The maximum Gasteiger partial charge on any atom is 0.241 e. The van der Waals surface area contributed by atoms with E-state index in [4.69, 9.17) is 0 Å². The number of piperidine rings is 2. The van der Waals surface area contributed by atoms with Crippen LogP contribution in [0.3, 0.4) is 0 Å². The molecule has 2 aliphatic heterocycles. The normalized spacial score (nSPS) is 29.2. The topological polar surface area (TPSA) is 78.5 Å². The molecular formula is C16H31N3O3S. The average Bonchev–Trinajstić information content (AvgIpc) is 2.49. The highest BCUT2D eigenvalue weighted by molar-refractivity contribution is 7.92. The van der Waals surface area contributed by atoms with Gasteiger partial charge in [0.25, 0.3) is 0 Å². The summed E-state index contributed by atoms with van der Waals surface area (Å²) in [6, 6.07) is 1.05. The summed E-state index contributed by atoms with van der Waals surface area (Å²) in [5, 5.41) is 6.03. The molecule has 2 heterocycles. The molecule has 23 heavy (non-hydrogen) atoms. The van der Waals surface area contributed by atoms with E-state index in [1.165, 1.54) is 25.5 Å². The van der Waals surface area contributed by atoms with Crippen LogP contribution in [-0.4, -0.2) is 68.5 Å². The molecule has 2 aliphatic rings. The maximum atomic E-state index is 12.6. The molecule has 2 N–H and O–H groups in total. The fraction of sp³-hybridized carbons (Fsp3) is 0.938. The Morgan fingerprint density at radius 2 is 1.78 bits per heavy atom. The van der Waals surface area contributed by atoms with E-state index in [-0.39, 0.29) is 5.91 Å². The number of nitrogens with one attached hydrogen (secondary N) is 2. The van der Waals surface area contributed by atoms with Crippen molar-refractivity contribution in [2.75, 3.05) is 32.4 Å². The molecule has 6 nitrogen and oxygen atoms in total. The lowest BCUT2D eigenvalue weighted by Gasteiger charge is -2.39. The van der Waals surface area contributed by atoms with Crippen LogP contribution in [0.15, 0.2) is 0 Å². The van der Waals surface area contributed by atoms with Crippen LogP contribution in [0, 0.1) is 0 Å². The molecule has 0 radical (unpaired) electrons. The molecule has 7 heteroatoms. The number of nitrogens with zero attached hydrogens (tertiary/aromatic N) is 1. The minimum absolute atomic E-state index is 0.321. The van der Waals surface area contributed by atoms with Crippen LogP contribution in [0.5, 0.6) is 0 Å². The van der Waals surface area contributed by atoms with E-state index in [1.54, 1.807) is 0 Å².